The molecule has 0 aliphatic rings. The van der Waals surface area contributed by atoms with Gasteiger partial charge in [0.1, 0.15) is 0 Å². The minimum absolute atomic E-state index is 0.108. The van der Waals surface area contributed by atoms with Gasteiger partial charge in [-0.3, -0.25) is 4.79 Å². The molecule has 0 saturated carbocycles. The molecule has 1 aromatic carbocycles. The van der Waals surface area contributed by atoms with E-state index in [9.17, 15) is 4.79 Å². The van der Waals surface area contributed by atoms with Gasteiger partial charge in [-0.15, -0.1) is 0 Å². The zero-order chi connectivity index (χ0) is 15.0. The van der Waals surface area contributed by atoms with E-state index in [0.717, 1.165) is 32.1 Å². The Labute approximate surface area is 121 Å². The molecule has 0 heterocycles. The zero-order valence-electron chi connectivity index (χ0n) is 12.7. The number of nitrogens with two attached hydrogens (primary N) is 1. The number of ether oxygens (including phenoxy) is 1. The summed E-state index contributed by atoms with van der Waals surface area (Å²) in [5.41, 5.74) is 6.83. The Morgan fingerprint density at radius 1 is 1.30 bits per heavy atom. The lowest BCUT2D eigenvalue weighted by atomic mass is 10.0. The topological polar surface area (TPSA) is 64.4 Å². The number of carbonyl (C=O) groups is 1. The number of rotatable bonds is 8. The summed E-state index contributed by atoms with van der Waals surface area (Å²) in [7, 11) is 1.53. The molecule has 112 valence electrons. The highest BCUT2D eigenvalue weighted by Crippen LogP contribution is 2.26. The van der Waals surface area contributed by atoms with Crippen molar-refractivity contribution in [2.45, 2.75) is 52.0 Å². The van der Waals surface area contributed by atoms with Gasteiger partial charge in [0.25, 0.3) is 5.91 Å². The first-order chi connectivity index (χ1) is 9.63. The summed E-state index contributed by atoms with van der Waals surface area (Å²) >= 11 is 0. The summed E-state index contributed by atoms with van der Waals surface area (Å²) in [6.07, 6.45) is 5.33. The maximum Gasteiger partial charge on any atom is 0.255 e. The molecule has 4 nitrogen and oxygen atoms in total. The first-order valence-corrected chi connectivity index (χ1v) is 7.37. The van der Waals surface area contributed by atoms with Gasteiger partial charge in [0.05, 0.1) is 18.4 Å². The van der Waals surface area contributed by atoms with Crippen molar-refractivity contribution in [2.75, 3.05) is 12.8 Å². The van der Waals surface area contributed by atoms with Crippen LogP contribution >= 0.6 is 0 Å². The third kappa shape index (κ3) is 4.44. The highest BCUT2D eigenvalue weighted by atomic mass is 16.5. The number of amides is 1. The quantitative estimate of drug-likeness (QED) is 0.717. The number of methoxy groups -OCH3 is 1. The van der Waals surface area contributed by atoms with Crippen LogP contribution in [-0.4, -0.2) is 19.1 Å². The predicted octanol–water partition coefficient (Wildman–Crippen LogP) is 3.37. The summed E-state index contributed by atoms with van der Waals surface area (Å²) in [6, 6.07) is 5.47. The fourth-order valence-corrected chi connectivity index (χ4v) is 2.31. The molecular weight excluding hydrogens is 252 g/mol. The van der Waals surface area contributed by atoms with Crippen LogP contribution in [-0.2, 0) is 0 Å². The van der Waals surface area contributed by atoms with Crippen molar-refractivity contribution in [2.24, 2.45) is 0 Å². The molecule has 1 aromatic rings. The smallest absolute Gasteiger partial charge is 0.255 e. The number of nitrogens with one attached hydrogen (secondary N) is 1. The van der Waals surface area contributed by atoms with Gasteiger partial charge in [0.15, 0.2) is 5.75 Å². The summed E-state index contributed by atoms with van der Waals surface area (Å²) in [5.74, 6) is 0.347. The molecule has 0 spiro atoms. The molecule has 1 atom stereocenters. The molecule has 1 rings (SSSR count). The third-order valence-electron chi connectivity index (χ3n) is 3.37. The minimum atomic E-state index is -0.108. The monoisotopic (exact) mass is 278 g/mol. The van der Waals surface area contributed by atoms with Gasteiger partial charge in [-0.2, -0.15) is 0 Å². The van der Waals surface area contributed by atoms with Gasteiger partial charge in [-0.25, -0.2) is 0 Å². The minimum Gasteiger partial charge on any atom is -0.494 e. The molecule has 0 aromatic heterocycles. The van der Waals surface area contributed by atoms with Crippen molar-refractivity contribution < 1.29 is 9.53 Å². The van der Waals surface area contributed by atoms with Gasteiger partial charge in [0, 0.05) is 6.04 Å². The van der Waals surface area contributed by atoms with Gasteiger partial charge in [-0.05, 0) is 25.0 Å². The molecule has 0 bridgehead atoms. The SMILES string of the molecule is CCCCC(CCC)NC(=O)c1cccc(N)c1OC. The highest BCUT2D eigenvalue weighted by molar-refractivity contribution is 5.98. The van der Waals surface area contributed by atoms with E-state index in [-0.39, 0.29) is 11.9 Å². The van der Waals surface area contributed by atoms with Gasteiger partial charge in [0.2, 0.25) is 0 Å². The molecule has 0 aliphatic carbocycles. The summed E-state index contributed by atoms with van der Waals surface area (Å²) in [5, 5.41) is 3.10. The number of carbonyl (C=O) groups excluding carboxylic acids is 1. The van der Waals surface area contributed by atoms with Crippen LogP contribution in [0.4, 0.5) is 5.69 Å². The van der Waals surface area contributed by atoms with E-state index in [1.807, 2.05) is 0 Å². The van der Waals surface area contributed by atoms with Crippen LogP contribution in [0.3, 0.4) is 0 Å². The lowest BCUT2D eigenvalue weighted by molar-refractivity contribution is 0.0929. The fourth-order valence-electron chi connectivity index (χ4n) is 2.31. The van der Waals surface area contributed by atoms with Crippen LogP contribution in [0.15, 0.2) is 18.2 Å². The predicted molar refractivity (Wildman–Crippen MR) is 83.1 cm³/mol. The second-order valence-electron chi connectivity index (χ2n) is 5.03. The average Bonchev–Trinajstić information content (AvgIpc) is 2.44. The Morgan fingerprint density at radius 3 is 2.65 bits per heavy atom. The second kappa shape index (κ2) is 8.46. The van der Waals surface area contributed by atoms with Crippen molar-refractivity contribution in [1.82, 2.24) is 5.32 Å². The molecule has 0 radical (unpaired) electrons. The normalized spacial score (nSPS) is 11.9. The van der Waals surface area contributed by atoms with E-state index in [1.54, 1.807) is 18.2 Å². The maximum absolute atomic E-state index is 12.4. The van der Waals surface area contributed by atoms with E-state index < -0.39 is 0 Å². The van der Waals surface area contributed by atoms with Crippen molar-refractivity contribution >= 4 is 11.6 Å². The van der Waals surface area contributed by atoms with E-state index in [4.69, 9.17) is 10.5 Å². The number of benzene rings is 1. The lowest BCUT2D eigenvalue weighted by Gasteiger charge is -2.19. The first-order valence-electron chi connectivity index (χ1n) is 7.37. The van der Waals surface area contributed by atoms with Gasteiger partial charge >= 0.3 is 0 Å². The molecule has 1 unspecified atom stereocenters. The molecule has 4 heteroatoms. The summed E-state index contributed by atoms with van der Waals surface area (Å²) in [6.45, 7) is 4.29. The van der Waals surface area contributed by atoms with E-state index in [1.165, 1.54) is 7.11 Å². The molecule has 0 fully saturated rings. The number of unbranched alkanes of at least 4 members (excludes halogenated alkanes) is 1. The number of anilines is 1. The Bertz CT molecular complexity index is 432. The molecule has 1 amide bonds. The van der Waals surface area contributed by atoms with Crippen molar-refractivity contribution in [3.05, 3.63) is 23.8 Å². The van der Waals surface area contributed by atoms with E-state index in [2.05, 4.69) is 19.2 Å². The molecule has 3 N–H and O–H groups in total. The van der Waals surface area contributed by atoms with Crippen LogP contribution in [0, 0.1) is 0 Å². The van der Waals surface area contributed by atoms with Crippen molar-refractivity contribution in [3.8, 4) is 5.75 Å². The zero-order valence-corrected chi connectivity index (χ0v) is 12.7. The van der Waals surface area contributed by atoms with Crippen LogP contribution in [0.1, 0.15) is 56.3 Å². The maximum atomic E-state index is 12.4. The number of nitrogen functional groups attached to an aromatic ring is 1. The Balaban J connectivity index is 2.80. The van der Waals surface area contributed by atoms with Crippen LogP contribution in [0.2, 0.25) is 0 Å². The highest BCUT2D eigenvalue weighted by Gasteiger charge is 2.17. The lowest BCUT2D eigenvalue weighted by Crippen LogP contribution is -2.35. The van der Waals surface area contributed by atoms with Crippen molar-refractivity contribution in [3.63, 3.8) is 0 Å². The van der Waals surface area contributed by atoms with Crippen molar-refractivity contribution in [1.29, 1.82) is 0 Å². The third-order valence-corrected chi connectivity index (χ3v) is 3.37. The number of para-hydroxylation sites is 1. The van der Waals surface area contributed by atoms with Gasteiger partial charge in [-0.1, -0.05) is 39.2 Å². The summed E-state index contributed by atoms with van der Waals surface area (Å²) in [4.78, 5) is 12.4. The molecular formula is C16H26N2O2. The molecule has 0 saturated heterocycles. The second-order valence-corrected chi connectivity index (χ2v) is 5.03. The number of hydrogen-bond acceptors (Lipinski definition) is 3. The molecule has 20 heavy (non-hydrogen) atoms. The largest absolute Gasteiger partial charge is 0.494 e. The van der Waals surface area contributed by atoms with E-state index >= 15 is 0 Å². The first kappa shape index (κ1) is 16.3. The Morgan fingerprint density at radius 2 is 2.05 bits per heavy atom. The average molecular weight is 278 g/mol. The van der Waals surface area contributed by atoms with Gasteiger partial charge < -0.3 is 15.8 Å². The Kier molecular flexibility index (Phi) is 6.91. The fraction of sp³-hybridized carbons (Fsp3) is 0.562. The van der Waals surface area contributed by atoms with Crippen LogP contribution in [0.25, 0.3) is 0 Å². The van der Waals surface area contributed by atoms with Crippen LogP contribution < -0.4 is 15.8 Å². The van der Waals surface area contributed by atoms with Crippen LogP contribution in [0.5, 0.6) is 5.75 Å². The Hall–Kier alpha value is -1.71. The van der Waals surface area contributed by atoms with E-state index in [0.29, 0.717) is 17.0 Å². The molecule has 0 aliphatic heterocycles. The standard InChI is InChI=1S/C16H26N2O2/c1-4-6-9-12(8-5-2)18-16(19)13-10-7-11-14(17)15(13)20-3/h7,10-12H,4-6,8-9,17H2,1-3H3,(H,18,19). The summed E-state index contributed by atoms with van der Waals surface area (Å²) < 4.78 is 5.23. The number of hydrogen-bond donors (Lipinski definition) is 2.